The predicted molar refractivity (Wildman–Crippen MR) is 115 cm³/mol. The molecule has 3 aromatic carbocycles. The van der Waals surface area contributed by atoms with Crippen LogP contribution in [0.5, 0.6) is 11.5 Å². The normalized spacial score (nSPS) is 12.2. The minimum atomic E-state index is -1.12. The van der Waals surface area contributed by atoms with Crippen molar-refractivity contribution in [1.29, 1.82) is 0 Å². The Morgan fingerprint density at radius 3 is 1.69 bits per heavy atom. The van der Waals surface area contributed by atoms with Gasteiger partial charge in [0.1, 0.15) is 11.5 Å². The molecule has 7 nitrogen and oxygen atoms in total. The number of hydrogen-bond donors (Lipinski definition) is 0. The lowest BCUT2D eigenvalue weighted by Crippen LogP contribution is -2.21. The van der Waals surface area contributed by atoms with Gasteiger partial charge in [0.2, 0.25) is 18.5 Å². The van der Waals surface area contributed by atoms with Crippen LogP contribution in [0.15, 0.2) is 78.9 Å². The van der Waals surface area contributed by atoms with Gasteiger partial charge in [-0.05, 0) is 12.1 Å². The van der Waals surface area contributed by atoms with Gasteiger partial charge in [-0.3, -0.25) is 4.79 Å². The molecule has 0 aliphatic rings. The van der Waals surface area contributed by atoms with Crippen molar-refractivity contribution < 1.29 is 33.3 Å². The third-order valence-corrected chi connectivity index (χ3v) is 4.60. The van der Waals surface area contributed by atoms with E-state index in [4.69, 9.17) is 18.9 Å². The molecule has 1 radical (unpaired) electrons. The molecule has 2 unspecified atom stereocenters. The third kappa shape index (κ3) is 5.31. The molecule has 0 N–H and O–H groups in total. The first-order chi connectivity index (χ1) is 15.6. The molecule has 32 heavy (non-hydrogen) atoms. The molecule has 0 saturated carbocycles. The summed E-state index contributed by atoms with van der Waals surface area (Å²) < 4.78 is 21.4. The zero-order valence-electron chi connectivity index (χ0n) is 17.5. The van der Waals surface area contributed by atoms with Crippen LogP contribution < -0.4 is 9.47 Å². The number of carbonyl (C=O) groups is 2. The average molecular weight is 433 g/mol. The van der Waals surface area contributed by atoms with Crippen molar-refractivity contribution in [1.82, 2.24) is 0 Å². The van der Waals surface area contributed by atoms with Gasteiger partial charge in [-0.15, -0.1) is 0 Å². The summed E-state index contributed by atoms with van der Waals surface area (Å²) in [4.78, 5) is 36.1. The van der Waals surface area contributed by atoms with Crippen molar-refractivity contribution in [2.24, 2.45) is 0 Å². The largest absolute Gasteiger partial charge is 0.474 e. The summed E-state index contributed by atoms with van der Waals surface area (Å²) in [7, 11) is 2.51. The highest BCUT2D eigenvalue weighted by Gasteiger charge is 2.27. The van der Waals surface area contributed by atoms with Crippen LogP contribution in [0.4, 0.5) is 0 Å². The number of benzene rings is 3. The van der Waals surface area contributed by atoms with E-state index in [0.717, 1.165) is 0 Å². The molecule has 3 rings (SSSR count). The maximum Gasteiger partial charge on any atom is 0.351 e. The first-order valence-corrected chi connectivity index (χ1v) is 9.68. The second kappa shape index (κ2) is 10.8. The van der Waals surface area contributed by atoms with Gasteiger partial charge >= 0.3 is 11.9 Å². The molecule has 163 valence electrons. The number of rotatable bonds is 9. The number of esters is 2. The van der Waals surface area contributed by atoms with Crippen molar-refractivity contribution in [3.8, 4) is 11.5 Å². The van der Waals surface area contributed by atoms with E-state index in [1.807, 2.05) is 6.07 Å². The molecular formula is C25H21O7. The highest BCUT2D eigenvalue weighted by Crippen LogP contribution is 2.32. The quantitative estimate of drug-likeness (QED) is 0.475. The van der Waals surface area contributed by atoms with Crippen LogP contribution in [0.25, 0.3) is 0 Å². The molecule has 0 heterocycles. The van der Waals surface area contributed by atoms with Crippen molar-refractivity contribution >= 4 is 18.2 Å². The highest BCUT2D eigenvalue weighted by molar-refractivity contribution is 5.82. The Labute approximate surface area is 185 Å². The lowest BCUT2D eigenvalue weighted by atomic mass is 10.1. The summed E-state index contributed by atoms with van der Waals surface area (Å²) in [5.74, 6) is -0.958. The van der Waals surface area contributed by atoms with E-state index in [-0.39, 0.29) is 17.1 Å². The third-order valence-electron chi connectivity index (χ3n) is 4.60. The van der Waals surface area contributed by atoms with Gasteiger partial charge in [0, 0.05) is 17.2 Å². The number of carbonyl (C=O) groups excluding carboxylic acids is 3. The van der Waals surface area contributed by atoms with E-state index in [1.54, 1.807) is 60.9 Å². The molecule has 2 atom stereocenters. The maximum absolute atomic E-state index is 12.4. The average Bonchev–Trinajstić information content (AvgIpc) is 2.86. The molecular weight excluding hydrogens is 412 g/mol. The fourth-order valence-corrected chi connectivity index (χ4v) is 3.00. The summed E-state index contributed by atoms with van der Waals surface area (Å²) >= 11 is 0. The van der Waals surface area contributed by atoms with Crippen molar-refractivity contribution in [3.63, 3.8) is 0 Å². The monoisotopic (exact) mass is 433 g/mol. The van der Waals surface area contributed by atoms with Gasteiger partial charge in [0.15, 0.2) is 0 Å². The van der Waals surface area contributed by atoms with E-state index < -0.39 is 24.1 Å². The Kier molecular flexibility index (Phi) is 7.59. The standard InChI is InChI=1S/C25H21O7/c1-29-24(27)22(17-9-5-3-6-10-17)31-20-14-13-19(16-26)21(15-20)32-23(25(28)30-2)18-11-7-4-8-12-18/h3-15,22-23H,1-2H3. The molecule has 0 spiro atoms. The minimum absolute atomic E-state index is 0.0495. The summed E-state index contributed by atoms with van der Waals surface area (Å²) in [5.41, 5.74) is 1.21. The summed E-state index contributed by atoms with van der Waals surface area (Å²) in [5, 5.41) is 0. The zero-order chi connectivity index (χ0) is 22.9. The summed E-state index contributed by atoms with van der Waals surface area (Å²) in [6.07, 6.45) is -0.372. The van der Waals surface area contributed by atoms with Crippen LogP contribution >= 0.6 is 0 Å². The van der Waals surface area contributed by atoms with E-state index >= 15 is 0 Å². The van der Waals surface area contributed by atoms with Crippen molar-refractivity contribution in [2.45, 2.75) is 12.2 Å². The van der Waals surface area contributed by atoms with Crippen LogP contribution in [0.1, 0.15) is 28.9 Å². The van der Waals surface area contributed by atoms with E-state index in [1.165, 1.54) is 32.4 Å². The minimum Gasteiger partial charge on any atom is -0.474 e. The number of hydrogen-bond acceptors (Lipinski definition) is 7. The predicted octanol–water partition coefficient (Wildman–Crippen LogP) is 3.73. The van der Waals surface area contributed by atoms with Crippen molar-refractivity contribution in [3.05, 3.63) is 95.6 Å². The Morgan fingerprint density at radius 1 is 0.719 bits per heavy atom. The van der Waals surface area contributed by atoms with Crippen molar-refractivity contribution in [2.75, 3.05) is 14.2 Å². The SMILES string of the molecule is COC(=O)C(Oc1ccc([C]=O)c(OC(C(=O)OC)c2ccccc2)c1)c1ccccc1. The fraction of sp³-hybridized carbons (Fsp3) is 0.160. The number of methoxy groups -OCH3 is 2. The van der Waals surface area contributed by atoms with Crippen LogP contribution in [-0.4, -0.2) is 32.4 Å². The van der Waals surface area contributed by atoms with Crippen LogP contribution in [0.2, 0.25) is 0 Å². The zero-order valence-corrected chi connectivity index (χ0v) is 17.5. The van der Waals surface area contributed by atoms with Crippen LogP contribution in [0.3, 0.4) is 0 Å². The molecule has 7 heteroatoms. The lowest BCUT2D eigenvalue weighted by Gasteiger charge is -2.20. The molecule has 0 saturated heterocycles. The van der Waals surface area contributed by atoms with Crippen LogP contribution in [-0.2, 0) is 23.9 Å². The summed E-state index contributed by atoms with van der Waals surface area (Å²) in [6, 6.07) is 21.9. The molecule has 0 aromatic heterocycles. The van der Waals surface area contributed by atoms with E-state index in [2.05, 4.69) is 0 Å². The highest BCUT2D eigenvalue weighted by atomic mass is 16.6. The lowest BCUT2D eigenvalue weighted by molar-refractivity contribution is -0.149. The second-order valence-corrected chi connectivity index (χ2v) is 6.62. The van der Waals surface area contributed by atoms with Gasteiger partial charge < -0.3 is 18.9 Å². The molecule has 0 fully saturated rings. The molecule has 0 bridgehead atoms. The fourth-order valence-electron chi connectivity index (χ4n) is 3.00. The van der Waals surface area contributed by atoms with Crippen LogP contribution in [0, 0.1) is 0 Å². The Bertz CT molecular complexity index is 1060. The Balaban J connectivity index is 1.94. The topological polar surface area (TPSA) is 88.1 Å². The molecule has 0 aliphatic heterocycles. The van der Waals surface area contributed by atoms with Gasteiger partial charge in [-0.1, -0.05) is 60.7 Å². The Morgan fingerprint density at radius 2 is 1.22 bits per heavy atom. The molecule has 3 aromatic rings. The first kappa shape index (κ1) is 22.6. The maximum atomic E-state index is 12.4. The second-order valence-electron chi connectivity index (χ2n) is 6.62. The van der Waals surface area contributed by atoms with Gasteiger partial charge in [0.05, 0.1) is 19.8 Å². The van der Waals surface area contributed by atoms with Gasteiger partial charge in [0.25, 0.3) is 0 Å². The van der Waals surface area contributed by atoms with E-state index in [0.29, 0.717) is 11.1 Å². The first-order valence-electron chi connectivity index (χ1n) is 9.68. The van der Waals surface area contributed by atoms with Gasteiger partial charge in [-0.2, -0.15) is 0 Å². The Hall–Kier alpha value is -4.13. The smallest absolute Gasteiger partial charge is 0.351 e. The number of ether oxygens (including phenoxy) is 4. The molecule has 0 amide bonds. The summed E-state index contributed by atoms with van der Waals surface area (Å²) in [6.45, 7) is 0. The van der Waals surface area contributed by atoms with E-state index in [9.17, 15) is 14.4 Å². The van der Waals surface area contributed by atoms with Gasteiger partial charge in [-0.25, -0.2) is 9.59 Å². The molecule has 0 aliphatic carbocycles.